The number of aromatic nitrogens is 2. The summed E-state index contributed by atoms with van der Waals surface area (Å²) in [4.78, 5) is 4.55. The van der Waals surface area contributed by atoms with Crippen molar-refractivity contribution >= 4 is 5.95 Å². The largest absolute Gasteiger partial charge is 0.356 e. The van der Waals surface area contributed by atoms with Crippen molar-refractivity contribution < 1.29 is 0 Å². The number of nitrogens with one attached hydrogen (secondary N) is 1. The van der Waals surface area contributed by atoms with Gasteiger partial charge in [0.15, 0.2) is 0 Å². The minimum atomic E-state index is 0.435. The van der Waals surface area contributed by atoms with Gasteiger partial charge >= 0.3 is 0 Å². The Bertz CT molecular complexity index is 528. The molecule has 3 heteroatoms. The molecule has 20 heavy (non-hydrogen) atoms. The van der Waals surface area contributed by atoms with Crippen LogP contribution in [0.3, 0.4) is 0 Å². The van der Waals surface area contributed by atoms with Crippen LogP contribution in [0.5, 0.6) is 0 Å². The molecule has 0 spiro atoms. The molecule has 1 heterocycles. The standard InChI is InChI=1S/C17H25N3/c1-13(2)20-12-15(4)19-17(20)18-11-10-14(3)16-8-6-5-7-9-16/h5-9,12-14H,10-11H2,1-4H3,(H,18,19). The number of hydrogen-bond acceptors (Lipinski definition) is 2. The predicted octanol–water partition coefficient (Wildman–Crippen LogP) is 4.38. The molecule has 0 radical (unpaired) electrons. The molecular weight excluding hydrogens is 246 g/mol. The second-order valence-corrected chi connectivity index (χ2v) is 5.73. The summed E-state index contributed by atoms with van der Waals surface area (Å²) in [5.74, 6) is 1.55. The van der Waals surface area contributed by atoms with Crippen molar-refractivity contribution in [1.82, 2.24) is 9.55 Å². The third-order valence-corrected chi connectivity index (χ3v) is 3.64. The molecule has 0 saturated carbocycles. The summed E-state index contributed by atoms with van der Waals surface area (Å²) in [6, 6.07) is 11.1. The molecule has 3 nitrogen and oxygen atoms in total. The molecule has 1 aromatic heterocycles. The predicted molar refractivity (Wildman–Crippen MR) is 85.3 cm³/mol. The van der Waals surface area contributed by atoms with E-state index < -0.39 is 0 Å². The van der Waals surface area contributed by atoms with Crippen molar-refractivity contribution in [2.75, 3.05) is 11.9 Å². The highest BCUT2D eigenvalue weighted by Crippen LogP contribution is 2.19. The van der Waals surface area contributed by atoms with Crippen molar-refractivity contribution in [3.8, 4) is 0 Å². The fourth-order valence-electron chi connectivity index (χ4n) is 2.39. The third kappa shape index (κ3) is 3.62. The number of rotatable bonds is 6. The number of hydrogen-bond donors (Lipinski definition) is 1. The summed E-state index contributed by atoms with van der Waals surface area (Å²) in [6.45, 7) is 9.62. The second kappa shape index (κ2) is 6.60. The van der Waals surface area contributed by atoms with E-state index in [1.165, 1.54) is 5.56 Å². The molecule has 2 rings (SSSR count). The molecule has 0 bridgehead atoms. The lowest BCUT2D eigenvalue weighted by atomic mass is 9.98. The van der Waals surface area contributed by atoms with Gasteiger partial charge in [-0.2, -0.15) is 0 Å². The first-order valence-electron chi connectivity index (χ1n) is 7.42. The van der Waals surface area contributed by atoms with Crippen molar-refractivity contribution in [1.29, 1.82) is 0 Å². The van der Waals surface area contributed by atoms with E-state index in [0.29, 0.717) is 12.0 Å². The first-order chi connectivity index (χ1) is 9.58. The third-order valence-electron chi connectivity index (χ3n) is 3.64. The Kier molecular flexibility index (Phi) is 4.83. The van der Waals surface area contributed by atoms with Gasteiger partial charge in [0.25, 0.3) is 0 Å². The summed E-state index contributed by atoms with van der Waals surface area (Å²) in [6.07, 6.45) is 3.21. The van der Waals surface area contributed by atoms with Crippen LogP contribution < -0.4 is 5.32 Å². The molecular formula is C17H25N3. The molecule has 0 amide bonds. The molecule has 0 aliphatic heterocycles. The van der Waals surface area contributed by atoms with Crippen molar-refractivity contribution in [3.05, 3.63) is 47.8 Å². The Labute approximate surface area is 122 Å². The first kappa shape index (κ1) is 14.6. The maximum Gasteiger partial charge on any atom is 0.203 e. The molecule has 0 saturated heterocycles. The van der Waals surface area contributed by atoms with E-state index in [4.69, 9.17) is 0 Å². The summed E-state index contributed by atoms with van der Waals surface area (Å²) < 4.78 is 2.20. The lowest BCUT2D eigenvalue weighted by Crippen LogP contribution is -2.11. The van der Waals surface area contributed by atoms with Crippen LogP contribution in [0.15, 0.2) is 36.5 Å². The van der Waals surface area contributed by atoms with Crippen molar-refractivity contribution in [3.63, 3.8) is 0 Å². The summed E-state index contributed by atoms with van der Waals surface area (Å²) >= 11 is 0. The SMILES string of the molecule is Cc1cn(C(C)C)c(NCCC(C)c2ccccc2)n1. The molecule has 0 aliphatic rings. The van der Waals surface area contributed by atoms with Gasteiger partial charge in [0.2, 0.25) is 5.95 Å². The molecule has 0 aliphatic carbocycles. The minimum Gasteiger partial charge on any atom is -0.356 e. The lowest BCUT2D eigenvalue weighted by Gasteiger charge is -2.15. The van der Waals surface area contributed by atoms with Crippen molar-refractivity contribution in [2.45, 2.75) is 46.1 Å². The molecule has 1 atom stereocenters. The number of aryl methyl sites for hydroxylation is 1. The van der Waals surface area contributed by atoms with Gasteiger partial charge < -0.3 is 9.88 Å². The molecule has 0 fully saturated rings. The monoisotopic (exact) mass is 271 g/mol. The van der Waals surface area contributed by atoms with Gasteiger partial charge in [-0.05, 0) is 38.7 Å². The Hall–Kier alpha value is -1.77. The molecule has 1 unspecified atom stereocenters. The summed E-state index contributed by atoms with van der Waals surface area (Å²) in [5.41, 5.74) is 2.47. The van der Waals surface area contributed by atoms with Crippen LogP contribution in [0.4, 0.5) is 5.95 Å². The quantitative estimate of drug-likeness (QED) is 0.845. The van der Waals surface area contributed by atoms with E-state index in [0.717, 1.165) is 24.6 Å². The van der Waals surface area contributed by atoms with Crippen LogP contribution in [-0.2, 0) is 0 Å². The Morgan fingerprint density at radius 2 is 1.85 bits per heavy atom. The zero-order chi connectivity index (χ0) is 14.5. The van der Waals surface area contributed by atoms with Gasteiger partial charge in [-0.15, -0.1) is 0 Å². The smallest absolute Gasteiger partial charge is 0.203 e. The van der Waals surface area contributed by atoms with Crippen LogP contribution in [0, 0.1) is 6.92 Å². The molecule has 1 aromatic carbocycles. The van der Waals surface area contributed by atoms with E-state index >= 15 is 0 Å². The summed E-state index contributed by atoms with van der Waals surface area (Å²) in [5, 5.41) is 3.47. The highest BCUT2D eigenvalue weighted by molar-refractivity contribution is 5.29. The maximum absolute atomic E-state index is 4.55. The minimum absolute atomic E-state index is 0.435. The van der Waals surface area contributed by atoms with Crippen LogP contribution in [0.2, 0.25) is 0 Å². The Morgan fingerprint density at radius 3 is 2.50 bits per heavy atom. The van der Waals surface area contributed by atoms with Gasteiger partial charge in [-0.25, -0.2) is 4.98 Å². The fourth-order valence-corrected chi connectivity index (χ4v) is 2.39. The van der Waals surface area contributed by atoms with Gasteiger partial charge in [0.05, 0.1) is 5.69 Å². The van der Waals surface area contributed by atoms with Gasteiger partial charge in [-0.1, -0.05) is 37.3 Å². The highest BCUT2D eigenvalue weighted by atomic mass is 15.2. The average Bonchev–Trinajstić information content (AvgIpc) is 2.81. The van der Waals surface area contributed by atoms with Crippen LogP contribution in [-0.4, -0.2) is 16.1 Å². The van der Waals surface area contributed by atoms with Crippen molar-refractivity contribution in [2.24, 2.45) is 0 Å². The Morgan fingerprint density at radius 1 is 1.15 bits per heavy atom. The van der Waals surface area contributed by atoms with Gasteiger partial charge in [0.1, 0.15) is 0 Å². The van der Waals surface area contributed by atoms with E-state index in [9.17, 15) is 0 Å². The summed E-state index contributed by atoms with van der Waals surface area (Å²) in [7, 11) is 0. The zero-order valence-electron chi connectivity index (χ0n) is 12.9. The zero-order valence-corrected chi connectivity index (χ0v) is 12.9. The van der Waals surface area contributed by atoms with E-state index in [1.807, 2.05) is 6.92 Å². The van der Waals surface area contributed by atoms with E-state index in [-0.39, 0.29) is 0 Å². The van der Waals surface area contributed by atoms with Gasteiger partial charge in [0, 0.05) is 18.8 Å². The number of anilines is 1. The lowest BCUT2D eigenvalue weighted by molar-refractivity contribution is 0.601. The van der Waals surface area contributed by atoms with Crippen LogP contribution in [0.25, 0.3) is 0 Å². The topological polar surface area (TPSA) is 29.9 Å². The average molecular weight is 271 g/mol. The molecule has 2 aromatic rings. The van der Waals surface area contributed by atoms with E-state index in [1.54, 1.807) is 0 Å². The molecule has 1 N–H and O–H groups in total. The number of nitrogens with zero attached hydrogens (tertiary/aromatic N) is 2. The van der Waals surface area contributed by atoms with E-state index in [2.05, 4.69) is 72.2 Å². The number of benzene rings is 1. The van der Waals surface area contributed by atoms with Crippen LogP contribution >= 0.6 is 0 Å². The highest BCUT2D eigenvalue weighted by Gasteiger charge is 2.09. The molecule has 108 valence electrons. The fraction of sp³-hybridized carbons (Fsp3) is 0.471. The first-order valence-corrected chi connectivity index (χ1v) is 7.42. The van der Waals surface area contributed by atoms with Gasteiger partial charge in [-0.3, -0.25) is 0 Å². The Balaban J connectivity index is 1.90. The maximum atomic E-state index is 4.55. The number of imidazole rings is 1. The second-order valence-electron chi connectivity index (χ2n) is 5.73. The normalized spacial score (nSPS) is 12.7. The van der Waals surface area contributed by atoms with Crippen LogP contribution in [0.1, 0.15) is 50.4 Å².